The highest BCUT2D eigenvalue weighted by Crippen LogP contribution is 2.39. The maximum absolute atomic E-state index is 12.8. The molecule has 0 radical (unpaired) electrons. The second-order valence-electron chi connectivity index (χ2n) is 13.4. The molecule has 2 aliphatic heterocycles. The highest BCUT2D eigenvalue weighted by atomic mass is 35.5. The van der Waals surface area contributed by atoms with Crippen LogP contribution in [0.2, 0.25) is 0 Å². The fourth-order valence-electron chi connectivity index (χ4n) is 6.48. The minimum absolute atomic E-state index is 0.0250. The van der Waals surface area contributed by atoms with Gasteiger partial charge in [0.05, 0.1) is 50.4 Å². The summed E-state index contributed by atoms with van der Waals surface area (Å²) in [6.45, 7) is 12.2. The molecule has 4 aromatic rings. The van der Waals surface area contributed by atoms with Crippen molar-refractivity contribution < 1.29 is 28.7 Å². The molecular weight excluding hydrogens is 756 g/mol. The van der Waals surface area contributed by atoms with Crippen LogP contribution in [0.15, 0.2) is 49.3 Å². The van der Waals surface area contributed by atoms with Crippen molar-refractivity contribution in [3.05, 3.63) is 49.3 Å². The summed E-state index contributed by atoms with van der Waals surface area (Å²) in [7, 11) is 6.01. The zero-order valence-corrected chi connectivity index (χ0v) is 34.5. The summed E-state index contributed by atoms with van der Waals surface area (Å²) in [6.07, 6.45) is 10.5. The molecular formula is C38H49ClN12O6. The zero-order chi connectivity index (χ0) is 42.1. The van der Waals surface area contributed by atoms with Crippen molar-refractivity contribution in [2.75, 3.05) is 59.0 Å². The van der Waals surface area contributed by atoms with Crippen LogP contribution in [-0.4, -0.2) is 106 Å². The van der Waals surface area contributed by atoms with E-state index in [0.717, 1.165) is 23.5 Å². The number of ether oxygens (including phenoxy) is 2. The first kappa shape index (κ1) is 43.6. The summed E-state index contributed by atoms with van der Waals surface area (Å²) in [5.41, 5.74) is 8.93. The number of nitrogens with zero attached hydrogens (tertiary/aromatic N) is 10. The second kappa shape index (κ2) is 19.1. The van der Waals surface area contributed by atoms with Gasteiger partial charge in [0.25, 0.3) is 0 Å². The van der Waals surface area contributed by atoms with Crippen molar-refractivity contribution >= 4 is 69.3 Å². The number of aromatic nitrogens is 6. The van der Waals surface area contributed by atoms with Crippen LogP contribution < -0.4 is 30.7 Å². The van der Waals surface area contributed by atoms with Crippen LogP contribution in [0, 0.1) is 0 Å². The van der Waals surface area contributed by atoms with E-state index < -0.39 is 11.5 Å². The van der Waals surface area contributed by atoms with Crippen LogP contribution in [0.1, 0.15) is 54.4 Å². The lowest BCUT2D eigenvalue weighted by Crippen LogP contribution is -2.54. The number of carbonyl (C=O) groups is 4. The molecule has 0 fully saturated rings. The third kappa shape index (κ3) is 9.45. The summed E-state index contributed by atoms with van der Waals surface area (Å²) in [6, 6.07) is 3.23. The molecule has 0 saturated heterocycles. The number of nitrogen functional groups attached to an aromatic ring is 1. The fraction of sp³-hybridized carbons (Fsp3) is 0.421. The molecule has 0 bridgehead atoms. The third-order valence-corrected chi connectivity index (χ3v) is 9.39. The van der Waals surface area contributed by atoms with E-state index in [-0.39, 0.29) is 36.0 Å². The van der Waals surface area contributed by atoms with Crippen LogP contribution in [0.25, 0.3) is 22.8 Å². The summed E-state index contributed by atoms with van der Waals surface area (Å²) in [5, 5.41) is 2.63. The standard InChI is InChI=1S/C19H24N6O3.C17H22N6O.C2H3ClO2/c1-6-14-18(26)24(4)15-10-21-16(23-17(15)25(14)11(2)3)12-7-8-20-9-13(12)22-19(27)28-5;1-5-13-17(24)22(4)14-9-20-15(11-6-7-19-8-12(11)18)21-16(14)23(13)10(2)3;1-5-2(3)4/h7-11,14H,6H2,1-5H3,(H,22,27);6-10,13H,5,18H2,1-4H3;1H3/t14-;13-;/m11./s1. The highest BCUT2D eigenvalue weighted by Gasteiger charge is 2.39. The normalized spacial score (nSPS) is 15.9. The molecule has 0 saturated carbocycles. The van der Waals surface area contributed by atoms with Crippen LogP contribution in [-0.2, 0) is 19.1 Å². The van der Waals surface area contributed by atoms with Gasteiger partial charge in [-0.15, -0.1) is 0 Å². The van der Waals surface area contributed by atoms with E-state index in [0.29, 0.717) is 46.5 Å². The van der Waals surface area contributed by atoms with Crippen LogP contribution in [0.4, 0.5) is 44.0 Å². The number of halogens is 1. The number of rotatable bonds is 7. The Morgan fingerprint density at radius 2 is 1.21 bits per heavy atom. The molecule has 0 unspecified atom stereocenters. The largest absolute Gasteiger partial charge is 0.457 e. The van der Waals surface area contributed by atoms with Gasteiger partial charge in [0.15, 0.2) is 23.3 Å². The lowest BCUT2D eigenvalue weighted by atomic mass is 10.1. The van der Waals surface area contributed by atoms with Gasteiger partial charge in [0.2, 0.25) is 11.8 Å². The van der Waals surface area contributed by atoms with Gasteiger partial charge in [-0.05, 0) is 52.7 Å². The minimum Gasteiger partial charge on any atom is -0.457 e. The zero-order valence-electron chi connectivity index (χ0n) is 33.7. The molecule has 3 N–H and O–H groups in total. The fourth-order valence-corrected chi connectivity index (χ4v) is 6.48. The van der Waals surface area contributed by atoms with Gasteiger partial charge in [-0.2, -0.15) is 0 Å². The van der Waals surface area contributed by atoms with Crippen molar-refractivity contribution in [2.45, 2.75) is 78.6 Å². The number of nitrogens with one attached hydrogen (secondary N) is 1. The molecule has 18 nitrogen and oxygen atoms in total. The van der Waals surface area contributed by atoms with Crippen molar-refractivity contribution in [3.63, 3.8) is 0 Å². The molecule has 2 atom stereocenters. The molecule has 6 heterocycles. The van der Waals surface area contributed by atoms with Gasteiger partial charge < -0.3 is 34.8 Å². The lowest BCUT2D eigenvalue weighted by Gasteiger charge is -2.42. The molecule has 19 heteroatoms. The van der Waals surface area contributed by atoms with Crippen molar-refractivity contribution in [1.29, 1.82) is 0 Å². The number of nitrogens with two attached hydrogens (primary N) is 1. The van der Waals surface area contributed by atoms with Crippen molar-refractivity contribution in [3.8, 4) is 22.8 Å². The Kier molecular flexibility index (Phi) is 14.6. The Bertz CT molecular complexity index is 2090. The SMILES string of the molecule is CC[C@@H]1C(=O)N(C)c2cnc(-c3ccncc3N)nc2N1C(C)C.CC[C@@H]1C(=O)N(C)c2cnc(-c3ccncc3NC(=O)OC)nc2N1C(C)C.COC(=O)Cl. The molecule has 0 spiro atoms. The summed E-state index contributed by atoms with van der Waals surface area (Å²) < 4.78 is 8.54. The van der Waals surface area contributed by atoms with Gasteiger partial charge in [-0.3, -0.25) is 24.9 Å². The topological polar surface area (TPSA) is 215 Å². The first-order chi connectivity index (χ1) is 27.1. The van der Waals surface area contributed by atoms with E-state index in [1.54, 1.807) is 67.0 Å². The van der Waals surface area contributed by atoms with E-state index in [2.05, 4.69) is 65.1 Å². The van der Waals surface area contributed by atoms with Crippen molar-refractivity contribution in [1.82, 2.24) is 29.9 Å². The number of methoxy groups -OCH3 is 2. The Labute approximate surface area is 336 Å². The molecule has 0 aliphatic carbocycles. The number of fused-ring (bicyclic) bond motifs is 2. The number of hydrogen-bond donors (Lipinski definition) is 2. The summed E-state index contributed by atoms with van der Waals surface area (Å²) in [5.74, 6) is 2.51. The van der Waals surface area contributed by atoms with E-state index in [4.69, 9.17) is 15.7 Å². The predicted molar refractivity (Wildman–Crippen MR) is 219 cm³/mol. The van der Waals surface area contributed by atoms with E-state index in [9.17, 15) is 19.2 Å². The quantitative estimate of drug-likeness (QED) is 0.212. The van der Waals surface area contributed by atoms with Gasteiger partial charge in [0.1, 0.15) is 23.5 Å². The first-order valence-electron chi connectivity index (χ1n) is 18.2. The van der Waals surface area contributed by atoms with Crippen LogP contribution in [0.5, 0.6) is 0 Å². The van der Waals surface area contributed by atoms with Gasteiger partial charge in [0, 0.05) is 61.3 Å². The van der Waals surface area contributed by atoms with E-state index in [1.807, 2.05) is 32.6 Å². The molecule has 3 amide bonds. The maximum Gasteiger partial charge on any atom is 0.411 e. The average Bonchev–Trinajstić information content (AvgIpc) is 3.20. The number of carbonyl (C=O) groups excluding carboxylic acids is 4. The number of likely N-dealkylation sites (N-methyl/N-ethyl adjacent to an activating group) is 2. The Morgan fingerprint density at radius 3 is 1.61 bits per heavy atom. The molecule has 6 rings (SSSR count). The molecule has 304 valence electrons. The summed E-state index contributed by atoms with van der Waals surface area (Å²) in [4.78, 5) is 80.1. The molecule has 2 aliphatic rings. The number of anilines is 6. The van der Waals surface area contributed by atoms with Gasteiger partial charge in [-0.1, -0.05) is 13.8 Å². The summed E-state index contributed by atoms with van der Waals surface area (Å²) >= 11 is 4.60. The minimum atomic E-state index is -0.773. The number of amides is 3. The van der Waals surface area contributed by atoms with Crippen molar-refractivity contribution in [2.24, 2.45) is 0 Å². The van der Waals surface area contributed by atoms with Crippen LogP contribution >= 0.6 is 11.6 Å². The Morgan fingerprint density at radius 1 is 0.772 bits per heavy atom. The third-order valence-electron chi connectivity index (χ3n) is 9.24. The first-order valence-corrected chi connectivity index (χ1v) is 18.6. The lowest BCUT2D eigenvalue weighted by molar-refractivity contribution is -0.120. The van der Waals surface area contributed by atoms with E-state index >= 15 is 0 Å². The van der Waals surface area contributed by atoms with Crippen LogP contribution in [0.3, 0.4) is 0 Å². The molecule has 4 aromatic heterocycles. The van der Waals surface area contributed by atoms with E-state index in [1.165, 1.54) is 20.4 Å². The highest BCUT2D eigenvalue weighted by molar-refractivity contribution is 6.61. The molecule has 0 aromatic carbocycles. The van der Waals surface area contributed by atoms with Gasteiger partial charge in [-0.25, -0.2) is 29.5 Å². The molecule has 57 heavy (non-hydrogen) atoms. The van der Waals surface area contributed by atoms with Gasteiger partial charge >= 0.3 is 11.5 Å². The Balaban J connectivity index is 0.000000228. The maximum atomic E-state index is 12.8. The smallest absolute Gasteiger partial charge is 0.411 e. The second-order valence-corrected chi connectivity index (χ2v) is 13.7. The monoisotopic (exact) mass is 804 g/mol. The Hall–Kier alpha value is -6.17. The average molecular weight is 805 g/mol. The number of hydrogen-bond acceptors (Lipinski definition) is 15. The predicted octanol–water partition coefficient (Wildman–Crippen LogP) is 5.77. The number of pyridine rings is 2.